The predicted molar refractivity (Wildman–Crippen MR) is 143 cm³/mol. The molecular formula is C31H32N2O2. The minimum atomic E-state index is -0.386. The molecule has 0 N–H and O–H groups in total. The van der Waals surface area contributed by atoms with Crippen molar-refractivity contribution in [3.63, 3.8) is 0 Å². The van der Waals surface area contributed by atoms with Crippen LogP contribution in [0.2, 0.25) is 0 Å². The molecule has 0 amide bonds. The van der Waals surface area contributed by atoms with Gasteiger partial charge in [0.25, 0.3) is 0 Å². The van der Waals surface area contributed by atoms with Crippen LogP contribution in [0.25, 0.3) is 0 Å². The Morgan fingerprint density at radius 3 is 2.03 bits per heavy atom. The fourth-order valence-corrected chi connectivity index (χ4v) is 4.73. The van der Waals surface area contributed by atoms with Gasteiger partial charge in [-0.25, -0.2) is 10.0 Å². The Labute approximate surface area is 208 Å². The summed E-state index contributed by atoms with van der Waals surface area (Å²) in [5.41, 5.74) is 5.40. The van der Waals surface area contributed by atoms with Gasteiger partial charge in [-0.3, -0.25) is 0 Å². The largest absolute Gasteiger partial charge is 0.464 e. The van der Waals surface area contributed by atoms with E-state index in [2.05, 4.69) is 98.4 Å². The van der Waals surface area contributed by atoms with E-state index in [0.29, 0.717) is 5.92 Å². The maximum Gasteiger partial charge on any atom is 0.220 e. The number of allylic oxidation sites excluding steroid dienone is 4. The zero-order valence-electron chi connectivity index (χ0n) is 20.8. The number of benzene rings is 3. The standard InChI is InChI=1S/C31H32N2O2/c1-22-13-11-14-23(2)30(22)34-28-21-29(35-31-24(3)15-12-16-25(31)4)33(27-19-9-6-10-20-27)32(28)26-17-7-5-8-18-26/h5-15,17-21,25,28H,16H2,1-4H3/t25-,28?/m1/s1. The lowest BCUT2D eigenvalue weighted by molar-refractivity contribution is 0.244. The van der Waals surface area contributed by atoms with Gasteiger partial charge < -0.3 is 9.47 Å². The molecule has 2 aliphatic rings. The first-order valence-corrected chi connectivity index (χ1v) is 12.2. The molecule has 0 radical (unpaired) electrons. The van der Waals surface area contributed by atoms with E-state index in [9.17, 15) is 0 Å². The van der Waals surface area contributed by atoms with Crippen molar-refractivity contribution in [1.29, 1.82) is 0 Å². The molecule has 0 saturated carbocycles. The SMILES string of the molecule is CC1=C(OC2=CC(Oc3c(C)cccc3C)N(c3ccccc3)N2c2ccccc2)[C@H](C)CC=C1. The maximum absolute atomic E-state index is 6.73. The van der Waals surface area contributed by atoms with E-state index in [1.54, 1.807) is 0 Å². The zero-order valence-corrected chi connectivity index (χ0v) is 20.8. The van der Waals surface area contributed by atoms with Crippen molar-refractivity contribution in [3.8, 4) is 5.75 Å². The van der Waals surface area contributed by atoms with Crippen molar-refractivity contribution in [2.45, 2.75) is 40.3 Å². The molecule has 5 rings (SSSR count). The van der Waals surface area contributed by atoms with Crippen molar-refractivity contribution in [3.05, 3.63) is 125 Å². The van der Waals surface area contributed by atoms with E-state index in [0.717, 1.165) is 51.9 Å². The Morgan fingerprint density at radius 2 is 1.40 bits per heavy atom. The highest BCUT2D eigenvalue weighted by Gasteiger charge is 2.38. The van der Waals surface area contributed by atoms with Gasteiger partial charge in [-0.1, -0.05) is 73.7 Å². The van der Waals surface area contributed by atoms with Gasteiger partial charge in [0.2, 0.25) is 12.1 Å². The van der Waals surface area contributed by atoms with Crippen molar-refractivity contribution in [2.75, 3.05) is 10.0 Å². The molecule has 1 heterocycles. The summed E-state index contributed by atoms with van der Waals surface area (Å²) in [5, 5.41) is 4.29. The van der Waals surface area contributed by atoms with E-state index in [1.807, 2.05) is 36.4 Å². The number of para-hydroxylation sites is 3. The molecule has 178 valence electrons. The summed E-state index contributed by atoms with van der Waals surface area (Å²) in [6.45, 7) is 8.50. The molecule has 0 spiro atoms. The molecule has 4 heteroatoms. The van der Waals surface area contributed by atoms with Crippen LogP contribution in [0.5, 0.6) is 5.75 Å². The molecule has 35 heavy (non-hydrogen) atoms. The second kappa shape index (κ2) is 9.75. The Hall–Kier alpha value is -3.92. The fraction of sp³-hybridized carbons (Fsp3) is 0.226. The van der Waals surface area contributed by atoms with Gasteiger partial charge in [0, 0.05) is 12.0 Å². The quantitative estimate of drug-likeness (QED) is 0.373. The molecule has 1 aliphatic carbocycles. The Kier molecular flexibility index (Phi) is 6.37. The number of rotatable bonds is 6. The van der Waals surface area contributed by atoms with Crippen LogP contribution in [0.15, 0.2) is 114 Å². The van der Waals surface area contributed by atoms with Crippen LogP contribution < -0.4 is 14.8 Å². The highest BCUT2D eigenvalue weighted by molar-refractivity contribution is 5.65. The molecule has 4 nitrogen and oxygen atoms in total. The Morgan fingerprint density at radius 1 is 0.771 bits per heavy atom. The van der Waals surface area contributed by atoms with Crippen LogP contribution in [-0.4, -0.2) is 6.23 Å². The molecule has 3 aromatic carbocycles. The lowest BCUT2D eigenvalue weighted by Gasteiger charge is -2.37. The van der Waals surface area contributed by atoms with Gasteiger partial charge in [-0.05, 0) is 68.2 Å². The van der Waals surface area contributed by atoms with Crippen LogP contribution in [0, 0.1) is 19.8 Å². The zero-order chi connectivity index (χ0) is 24.4. The van der Waals surface area contributed by atoms with Gasteiger partial charge in [0.05, 0.1) is 11.4 Å². The summed E-state index contributed by atoms with van der Waals surface area (Å²) in [7, 11) is 0. The smallest absolute Gasteiger partial charge is 0.220 e. The predicted octanol–water partition coefficient (Wildman–Crippen LogP) is 7.68. The van der Waals surface area contributed by atoms with Crippen molar-refractivity contribution in [2.24, 2.45) is 5.92 Å². The third kappa shape index (κ3) is 4.57. The first kappa shape index (κ1) is 22.9. The number of anilines is 2. The number of aryl methyl sites for hydroxylation is 2. The van der Waals surface area contributed by atoms with Crippen LogP contribution >= 0.6 is 0 Å². The number of hydrazine groups is 1. The van der Waals surface area contributed by atoms with Gasteiger partial charge >= 0.3 is 0 Å². The summed E-state index contributed by atoms with van der Waals surface area (Å²) in [6.07, 6.45) is 7.03. The molecule has 1 unspecified atom stereocenters. The van der Waals surface area contributed by atoms with Crippen LogP contribution in [0.3, 0.4) is 0 Å². The number of ether oxygens (including phenoxy) is 2. The minimum absolute atomic E-state index is 0.308. The van der Waals surface area contributed by atoms with Crippen molar-refractivity contribution in [1.82, 2.24) is 0 Å². The summed E-state index contributed by atoms with van der Waals surface area (Å²) in [5.74, 6) is 2.95. The summed E-state index contributed by atoms with van der Waals surface area (Å²) in [4.78, 5) is 0. The monoisotopic (exact) mass is 464 g/mol. The van der Waals surface area contributed by atoms with E-state index >= 15 is 0 Å². The molecule has 3 aromatic rings. The first-order valence-electron chi connectivity index (χ1n) is 12.2. The second-order valence-electron chi connectivity index (χ2n) is 9.25. The topological polar surface area (TPSA) is 24.9 Å². The van der Waals surface area contributed by atoms with Crippen LogP contribution in [-0.2, 0) is 4.74 Å². The molecule has 0 bridgehead atoms. The Bertz CT molecular complexity index is 1260. The third-order valence-corrected chi connectivity index (χ3v) is 6.53. The Balaban J connectivity index is 1.62. The number of hydrogen-bond donors (Lipinski definition) is 0. The molecule has 0 aromatic heterocycles. The van der Waals surface area contributed by atoms with E-state index < -0.39 is 0 Å². The highest BCUT2D eigenvalue weighted by atomic mass is 16.5. The van der Waals surface area contributed by atoms with Gasteiger partial charge in [0.15, 0.2) is 0 Å². The van der Waals surface area contributed by atoms with Crippen molar-refractivity contribution >= 4 is 11.4 Å². The molecule has 0 fully saturated rings. The van der Waals surface area contributed by atoms with Crippen LogP contribution in [0.1, 0.15) is 31.4 Å². The first-order chi connectivity index (χ1) is 17.0. The van der Waals surface area contributed by atoms with E-state index in [4.69, 9.17) is 9.47 Å². The van der Waals surface area contributed by atoms with Crippen LogP contribution in [0.4, 0.5) is 11.4 Å². The third-order valence-electron chi connectivity index (χ3n) is 6.53. The summed E-state index contributed by atoms with van der Waals surface area (Å²) < 4.78 is 13.4. The van der Waals surface area contributed by atoms with E-state index in [1.165, 1.54) is 0 Å². The number of hydrogen-bond acceptors (Lipinski definition) is 4. The summed E-state index contributed by atoms with van der Waals surface area (Å²) >= 11 is 0. The lowest BCUT2D eigenvalue weighted by atomic mass is 9.96. The average Bonchev–Trinajstić information content (AvgIpc) is 3.23. The van der Waals surface area contributed by atoms with Crippen molar-refractivity contribution < 1.29 is 9.47 Å². The second-order valence-corrected chi connectivity index (χ2v) is 9.25. The average molecular weight is 465 g/mol. The maximum atomic E-state index is 6.73. The fourth-order valence-electron chi connectivity index (χ4n) is 4.73. The molecule has 1 aliphatic heterocycles. The normalized spacial score (nSPS) is 19.7. The molecule has 2 atom stereocenters. The van der Waals surface area contributed by atoms with Gasteiger partial charge in [0.1, 0.15) is 11.5 Å². The van der Waals surface area contributed by atoms with Gasteiger partial charge in [-0.15, -0.1) is 0 Å². The summed E-state index contributed by atoms with van der Waals surface area (Å²) in [6, 6.07) is 26.9. The minimum Gasteiger partial charge on any atom is -0.464 e. The number of nitrogens with zero attached hydrogens (tertiary/aromatic N) is 2. The molecule has 0 saturated heterocycles. The molecular weight excluding hydrogens is 432 g/mol. The lowest BCUT2D eigenvalue weighted by Crippen LogP contribution is -2.45. The highest BCUT2D eigenvalue weighted by Crippen LogP contribution is 2.39. The van der Waals surface area contributed by atoms with E-state index in [-0.39, 0.29) is 6.23 Å². The van der Waals surface area contributed by atoms with Gasteiger partial charge in [-0.2, -0.15) is 0 Å².